The van der Waals surface area contributed by atoms with E-state index >= 15 is 0 Å². The molecular formula is C14H31N3O. The largest absolute Gasteiger partial charge is 0.385 e. The second-order valence-electron chi connectivity index (χ2n) is 6.07. The molecule has 0 aromatic heterocycles. The van der Waals surface area contributed by atoms with Gasteiger partial charge in [0.05, 0.1) is 0 Å². The first-order chi connectivity index (χ1) is 8.51. The first-order valence-corrected chi connectivity index (χ1v) is 7.10. The number of likely N-dealkylation sites (tertiary alicyclic amines) is 1. The average molecular weight is 257 g/mol. The molecule has 0 bridgehead atoms. The zero-order valence-electron chi connectivity index (χ0n) is 12.6. The summed E-state index contributed by atoms with van der Waals surface area (Å²) in [6.07, 6.45) is 3.63. The number of hydrogen-bond donors (Lipinski definition) is 1. The van der Waals surface area contributed by atoms with Crippen molar-refractivity contribution in [1.82, 2.24) is 9.80 Å². The van der Waals surface area contributed by atoms with Gasteiger partial charge in [-0.2, -0.15) is 0 Å². The van der Waals surface area contributed by atoms with Crippen molar-refractivity contribution in [2.24, 2.45) is 11.7 Å². The molecule has 0 amide bonds. The summed E-state index contributed by atoms with van der Waals surface area (Å²) in [6.45, 7) is 7.35. The van der Waals surface area contributed by atoms with E-state index in [0.29, 0.717) is 6.54 Å². The molecule has 0 aliphatic carbocycles. The maximum Gasteiger partial charge on any atom is 0.0480 e. The van der Waals surface area contributed by atoms with Gasteiger partial charge in [0.1, 0.15) is 0 Å². The van der Waals surface area contributed by atoms with E-state index in [4.69, 9.17) is 10.5 Å². The van der Waals surface area contributed by atoms with Crippen LogP contribution in [-0.2, 0) is 4.74 Å². The summed E-state index contributed by atoms with van der Waals surface area (Å²) in [5, 5.41) is 0. The quantitative estimate of drug-likeness (QED) is 0.739. The molecule has 18 heavy (non-hydrogen) atoms. The third-order valence-corrected chi connectivity index (χ3v) is 4.58. The highest BCUT2D eigenvalue weighted by Crippen LogP contribution is 2.22. The molecule has 1 unspecified atom stereocenters. The molecule has 0 aromatic carbocycles. The van der Waals surface area contributed by atoms with Crippen LogP contribution in [0.4, 0.5) is 0 Å². The summed E-state index contributed by atoms with van der Waals surface area (Å²) < 4.78 is 5.20. The Bertz CT molecular complexity index is 229. The molecule has 1 saturated heterocycles. The molecule has 4 nitrogen and oxygen atoms in total. The molecule has 2 N–H and O–H groups in total. The Balaban J connectivity index is 2.43. The van der Waals surface area contributed by atoms with Crippen LogP contribution in [0.5, 0.6) is 0 Å². The van der Waals surface area contributed by atoms with Crippen molar-refractivity contribution >= 4 is 0 Å². The number of likely N-dealkylation sites (N-methyl/N-ethyl adjacent to an activating group) is 1. The standard InChI is InChI=1S/C14H31N3O/c1-14(12-15,7-10-18-4)17(3)11-13-5-8-16(2)9-6-13/h13H,5-12,15H2,1-4H3. The Hall–Kier alpha value is -0.160. The lowest BCUT2D eigenvalue weighted by atomic mass is 9.91. The maximum absolute atomic E-state index is 5.97. The van der Waals surface area contributed by atoms with Crippen LogP contribution < -0.4 is 5.73 Å². The molecule has 0 spiro atoms. The molecule has 108 valence electrons. The van der Waals surface area contributed by atoms with Crippen LogP contribution in [0.15, 0.2) is 0 Å². The predicted octanol–water partition coefficient (Wildman–Crippen LogP) is 1.01. The number of nitrogens with two attached hydrogens (primary N) is 1. The number of piperidine rings is 1. The van der Waals surface area contributed by atoms with Crippen molar-refractivity contribution in [3.05, 3.63) is 0 Å². The number of rotatable bonds is 7. The molecule has 0 saturated carbocycles. The SMILES string of the molecule is COCCC(C)(CN)N(C)CC1CCN(C)CC1. The zero-order chi connectivity index (χ0) is 13.6. The van der Waals surface area contributed by atoms with Crippen LogP contribution in [0.2, 0.25) is 0 Å². The minimum absolute atomic E-state index is 0.0688. The topological polar surface area (TPSA) is 41.7 Å². The summed E-state index contributed by atoms with van der Waals surface area (Å²) in [5.74, 6) is 0.819. The highest BCUT2D eigenvalue weighted by molar-refractivity contribution is 4.87. The molecule has 1 aliphatic rings. The summed E-state index contributed by atoms with van der Waals surface area (Å²) in [5.41, 5.74) is 6.04. The molecule has 1 atom stereocenters. The molecule has 1 heterocycles. The fraction of sp³-hybridized carbons (Fsp3) is 1.00. The van der Waals surface area contributed by atoms with Gasteiger partial charge in [0, 0.05) is 32.3 Å². The summed E-state index contributed by atoms with van der Waals surface area (Å²) in [6, 6.07) is 0. The zero-order valence-corrected chi connectivity index (χ0v) is 12.6. The summed E-state index contributed by atoms with van der Waals surface area (Å²) in [4.78, 5) is 4.87. The smallest absolute Gasteiger partial charge is 0.0480 e. The summed E-state index contributed by atoms with van der Waals surface area (Å²) >= 11 is 0. The van der Waals surface area contributed by atoms with Gasteiger partial charge in [0.25, 0.3) is 0 Å². The van der Waals surface area contributed by atoms with Gasteiger partial charge in [0.2, 0.25) is 0 Å². The van der Waals surface area contributed by atoms with Crippen molar-refractivity contribution < 1.29 is 4.74 Å². The number of methoxy groups -OCH3 is 1. The van der Waals surface area contributed by atoms with E-state index in [1.165, 1.54) is 25.9 Å². The van der Waals surface area contributed by atoms with Crippen LogP contribution in [0.25, 0.3) is 0 Å². The number of nitrogens with zero attached hydrogens (tertiary/aromatic N) is 2. The average Bonchev–Trinajstić information content (AvgIpc) is 2.38. The van der Waals surface area contributed by atoms with Gasteiger partial charge in [-0.25, -0.2) is 0 Å². The second kappa shape index (κ2) is 7.43. The van der Waals surface area contributed by atoms with Gasteiger partial charge < -0.3 is 15.4 Å². The normalized spacial score (nSPS) is 22.3. The van der Waals surface area contributed by atoms with Crippen molar-refractivity contribution in [3.8, 4) is 0 Å². The third-order valence-electron chi connectivity index (χ3n) is 4.58. The van der Waals surface area contributed by atoms with Gasteiger partial charge in [-0.3, -0.25) is 4.90 Å². The first-order valence-electron chi connectivity index (χ1n) is 7.10. The molecule has 4 heteroatoms. The van der Waals surface area contributed by atoms with Crippen molar-refractivity contribution in [1.29, 1.82) is 0 Å². The van der Waals surface area contributed by atoms with Gasteiger partial charge in [-0.15, -0.1) is 0 Å². The molecule has 0 aromatic rings. The maximum atomic E-state index is 5.97. The molecule has 1 aliphatic heterocycles. The molecule has 1 rings (SSSR count). The Morgan fingerprint density at radius 3 is 2.50 bits per heavy atom. The predicted molar refractivity (Wildman–Crippen MR) is 76.8 cm³/mol. The van der Waals surface area contributed by atoms with Crippen LogP contribution in [0.1, 0.15) is 26.2 Å². The molecule has 0 radical (unpaired) electrons. The van der Waals surface area contributed by atoms with Gasteiger partial charge in [-0.05, 0) is 59.3 Å². The van der Waals surface area contributed by atoms with Gasteiger partial charge in [0.15, 0.2) is 0 Å². The van der Waals surface area contributed by atoms with Crippen LogP contribution in [0, 0.1) is 5.92 Å². The Labute approximate surface area is 112 Å². The Kier molecular flexibility index (Phi) is 6.57. The first kappa shape index (κ1) is 15.9. The van der Waals surface area contributed by atoms with Crippen LogP contribution in [0.3, 0.4) is 0 Å². The van der Waals surface area contributed by atoms with Crippen LogP contribution >= 0.6 is 0 Å². The second-order valence-corrected chi connectivity index (χ2v) is 6.07. The van der Waals surface area contributed by atoms with Crippen molar-refractivity contribution in [2.45, 2.75) is 31.7 Å². The molecule has 1 fully saturated rings. The minimum Gasteiger partial charge on any atom is -0.385 e. The monoisotopic (exact) mass is 257 g/mol. The lowest BCUT2D eigenvalue weighted by Gasteiger charge is -2.41. The van der Waals surface area contributed by atoms with E-state index in [1.807, 2.05) is 0 Å². The number of ether oxygens (including phenoxy) is 1. The molecular weight excluding hydrogens is 226 g/mol. The lowest BCUT2D eigenvalue weighted by Crippen LogP contribution is -2.52. The van der Waals surface area contributed by atoms with E-state index in [0.717, 1.165) is 25.5 Å². The fourth-order valence-corrected chi connectivity index (χ4v) is 2.62. The van der Waals surface area contributed by atoms with E-state index in [9.17, 15) is 0 Å². The van der Waals surface area contributed by atoms with Gasteiger partial charge >= 0.3 is 0 Å². The van der Waals surface area contributed by atoms with E-state index in [-0.39, 0.29) is 5.54 Å². The van der Waals surface area contributed by atoms with Gasteiger partial charge in [-0.1, -0.05) is 0 Å². The summed E-state index contributed by atoms with van der Waals surface area (Å²) in [7, 11) is 6.18. The highest BCUT2D eigenvalue weighted by atomic mass is 16.5. The highest BCUT2D eigenvalue weighted by Gasteiger charge is 2.29. The van der Waals surface area contributed by atoms with E-state index in [2.05, 4.69) is 30.8 Å². The van der Waals surface area contributed by atoms with E-state index < -0.39 is 0 Å². The third kappa shape index (κ3) is 4.50. The van der Waals surface area contributed by atoms with Crippen molar-refractivity contribution in [2.75, 3.05) is 54.0 Å². The van der Waals surface area contributed by atoms with Crippen LogP contribution in [-0.4, -0.2) is 69.3 Å². The lowest BCUT2D eigenvalue weighted by molar-refractivity contribution is 0.0655. The Morgan fingerprint density at radius 2 is 2.00 bits per heavy atom. The Morgan fingerprint density at radius 1 is 1.39 bits per heavy atom. The minimum atomic E-state index is 0.0688. The van der Waals surface area contributed by atoms with Crippen molar-refractivity contribution in [3.63, 3.8) is 0 Å². The number of hydrogen-bond acceptors (Lipinski definition) is 4. The van der Waals surface area contributed by atoms with E-state index in [1.54, 1.807) is 7.11 Å². The fourth-order valence-electron chi connectivity index (χ4n) is 2.62.